The predicted octanol–water partition coefficient (Wildman–Crippen LogP) is 16.0. The molecule has 3 heteroatoms. The molecule has 0 saturated carbocycles. The number of rotatable bonds is 3. The highest BCUT2D eigenvalue weighted by molar-refractivity contribution is 6.15. The molecule has 0 amide bonds. The highest BCUT2D eigenvalue weighted by Gasteiger charge is 2.29. The fraction of sp³-hybridized carbons (Fsp3) is 0. The molecule has 14 rings (SSSR count). The number of hydrogen-bond acceptors (Lipinski definition) is 0. The molecular formula is C60H37N3. The summed E-state index contributed by atoms with van der Waals surface area (Å²) in [5, 5.41) is 7.46. The Kier molecular flexibility index (Phi) is 7.11. The van der Waals surface area contributed by atoms with E-state index in [4.69, 9.17) is 0 Å². The summed E-state index contributed by atoms with van der Waals surface area (Å²) < 4.78 is 7.46. The largest absolute Gasteiger partial charge is 0.309 e. The van der Waals surface area contributed by atoms with E-state index in [-0.39, 0.29) is 0 Å². The first-order valence-corrected chi connectivity index (χ1v) is 21.8. The fourth-order valence-electron chi connectivity index (χ4n) is 11.1. The second kappa shape index (κ2) is 13.1. The molecule has 0 bridgehead atoms. The first-order valence-electron chi connectivity index (χ1n) is 21.8. The molecule has 13 aromatic rings. The van der Waals surface area contributed by atoms with Crippen LogP contribution in [0.5, 0.6) is 0 Å². The van der Waals surface area contributed by atoms with E-state index in [0.717, 1.165) is 17.1 Å². The molecule has 1 aliphatic carbocycles. The Labute approximate surface area is 363 Å². The summed E-state index contributed by atoms with van der Waals surface area (Å²) in [7, 11) is 0. The monoisotopic (exact) mass is 799 g/mol. The summed E-state index contributed by atoms with van der Waals surface area (Å²) in [6, 6.07) is 83.1. The van der Waals surface area contributed by atoms with Crippen molar-refractivity contribution in [3.8, 4) is 61.6 Å². The second-order valence-electron chi connectivity index (χ2n) is 16.8. The van der Waals surface area contributed by atoms with Crippen molar-refractivity contribution in [3.63, 3.8) is 0 Å². The fourth-order valence-corrected chi connectivity index (χ4v) is 11.1. The van der Waals surface area contributed by atoms with Crippen LogP contribution in [-0.2, 0) is 0 Å². The van der Waals surface area contributed by atoms with Crippen molar-refractivity contribution in [1.82, 2.24) is 13.7 Å². The number of para-hydroxylation sites is 5. The van der Waals surface area contributed by atoms with Gasteiger partial charge in [-0.2, -0.15) is 0 Å². The molecule has 0 aliphatic heterocycles. The van der Waals surface area contributed by atoms with Crippen molar-refractivity contribution in [2.45, 2.75) is 0 Å². The van der Waals surface area contributed by atoms with Crippen LogP contribution < -0.4 is 0 Å². The molecule has 3 nitrogen and oxygen atoms in total. The lowest BCUT2D eigenvalue weighted by molar-refractivity contribution is 1.16. The quantitative estimate of drug-likeness (QED) is 0.169. The molecule has 0 unspecified atom stereocenters. The molecular weight excluding hydrogens is 763 g/mol. The topological polar surface area (TPSA) is 14.8 Å². The number of aromatic nitrogens is 3. The van der Waals surface area contributed by atoms with E-state index in [2.05, 4.69) is 238 Å². The molecule has 1 aliphatic rings. The van der Waals surface area contributed by atoms with E-state index < -0.39 is 0 Å². The van der Waals surface area contributed by atoms with Gasteiger partial charge in [0.2, 0.25) is 0 Å². The molecule has 3 aromatic heterocycles. The maximum absolute atomic E-state index is 2.53. The first-order chi connectivity index (χ1) is 31.3. The van der Waals surface area contributed by atoms with Gasteiger partial charge in [0.15, 0.2) is 0 Å². The van der Waals surface area contributed by atoms with Crippen LogP contribution in [0.4, 0.5) is 0 Å². The van der Waals surface area contributed by atoms with Crippen molar-refractivity contribution < 1.29 is 0 Å². The molecule has 0 radical (unpaired) electrons. The van der Waals surface area contributed by atoms with Gasteiger partial charge in [-0.3, -0.25) is 0 Å². The van der Waals surface area contributed by atoms with Gasteiger partial charge in [-0.1, -0.05) is 164 Å². The van der Waals surface area contributed by atoms with Crippen molar-refractivity contribution in [2.24, 2.45) is 0 Å². The van der Waals surface area contributed by atoms with Crippen LogP contribution in [-0.4, -0.2) is 13.7 Å². The summed E-state index contributed by atoms with van der Waals surface area (Å²) in [4.78, 5) is 0. The smallest absolute Gasteiger partial charge is 0.0547 e. The first kappa shape index (κ1) is 34.3. The molecule has 0 spiro atoms. The molecule has 63 heavy (non-hydrogen) atoms. The highest BCUT2D eigenvalue weighted by atomic mass is 15.0. The third kappa shape index (κ3) is 4.74. The number of benzene rings is 10. The van der Waals surface area contributed by atoms with Crippen LogP contribution in [0.2, 0.25) is 0 Å². The lowest BCUT2D eigenvalue weighted by Gasteiger charge is -2.28. The van der Waals surface area contributed by atoms with Crippen LogP contribution in [0.15, 0.2) is 224 Å². The normalized spacial score (nSPS) is 12.1. The standard InChI is InChI=1S/C60H37N3/c1-3-19-41-39(17-1)40-18-2-4-20-42(40)49-27-16-34-58(60(49)59-48(41)26-15-33-57(59)62-53-30-12-7-23-45(53)46-24-8-13-31-54(46)62)63-55-32-14-9-25-47(55)50-37-38(35-36-56(50)63)61-51-28-10-5-21-43(51)44-22-6-11-29-52(44)61/h1-37H. The number of hydrogen-bond donors (Lipinski definition) is 0. The van der Waals surface area contributed by atoms with Crippen molar-refractivity contribution in [2.75, 3.05) is 0 Å². The van der Waals surface area contributed by atoms with Crippen LogP contribution in [0.3, 0.4) is 0 Å². The Morgan fingerprint density at radius 2 is 0.508 bits per heavy atom. The zero-order chi connectivity index (χ0) is 41.2. The van der Waals surface area contributed by atoms with Crippen LogP contribution in [0.1, 0.15) is 0 Å². The van der Waals surface area contributed by atoms with Crippen LogP contribution >= 0.6 is 0 Å². The minimum atomic E-state index is 1.15. The van der Waals surface area contributed by atoms with E-state index in [1.54, 1.807) is 0 Å². The van der Waals surface area contributed by atoms with Gasteiger partial charge in [0.25, 0.3) is 0 Å². The third-order valence-electron chi connectivity index (χ3n) is 13.6. The van der Waals surface area contributed by atoms with E-state index in [9.17, 15) is 0 Å². The predicted molar refractivity (Wildman–Crippen MR) is 265 cm³/mol. The molecule has 0 fully saturated rings. The van der Waals surface area contributed by atoms with E-state index in [1.807, 2.05) is 0 Å². The summed E-state index contributed by atoms with van der Waals surface area (Å²) in [5.41, 5.74) is 20.3. The maximum Gasteiger partial charge on any atom is 0.0547 e. The highest BCUT2D eigenvalue weighted by Crippen LogP contribution is 2.53. The van der Waals surface area contributed by atoms with Gasteiger partial charge in [-0.25, -0.2) is 0 Å². The van der Waals surface area contributed by atoms with Gasteiger partial charge in [0.1, 0.15) is 0 Å². The zero-order valence-corrected chi connectivity index (χ0v) is 34.2. The average Bonchev–Trinajstić information content (AvgIpc) is 3.99. The molecule has 10 aromatic carbocycles. The minimum absolute atomic E-state index is 1.15. The molecule has 3 heterocycles. The summed E-state index contributed by atoms with van der Waals surface area (Å²) in [6.45, 7) is 0. The molecule has 0 saturated heterocycles. The average molecular weight is 800 g/mol. The lowest BCUT2D eigenvalue weighted by Crippen LogP contribution is -2.06. The van der Waals surface area contributed by atoms with Gasteiger partial charge < -0.3 is 13.7 Å². The van der Waals surface area contributed by atoms with Gasteiger partial charge in [0.05, 0.1) is 44.5 Å². The van der Waals surface area contributed by atoms with Gasteiger partial charge >= 0.3 is 0 Å². The van der Waals surface area contributed by atoms with Gasteiger partial charge in [0, 0.05) is 49.1 Å². The van der Waals surface area contributed by atoms with Gasteiger partial charge in [-0.05, 0) is 94.0 Å². The maximum atomic E-state index is 2.53. The second-order valence-corrected chi connectivity index (χ2v) is 16.8. The Balaban J connectivity index is 1.13. The SMILES string of the molecule is c1ccc2c(c1)-c1ccccc1-c1cccc(-n3c4ccccc4c4cc(-n5c6ccccc6c6ccccc65)ccc43)c1-c1c-2cccc1-n1c2ccccc2c2ccccc21. The Bertz CT molecular complexity index is 3930. The van der Waals surface area contributed by atoms with Crippen molar-refractivity contribution in [3.05, 3.63) is 224 Å². The summed E-state index contributed by atoms with van der Waals surface area (Å²) in [6.07, 6.45) is 0. The van der Waals surface area contributed by atoms with Crippen molar-refractivity contribution >= 4 is 65.4 Å². The van der Waals surface area contributed by atoms with Crippen LogP contribution in [0, 0.1) is 0 Å². The van der Waals surface area contributed by atoms with Crippen LogP contribution in [0.25, 0.3) is 127 Å². The zero-order valence-electron chi connectivity index (χ0n) is 34.2. The Morgan fingerprint density at radius 3 is 0.921 bits per heavy atom. The summed E-state index contributed by atoms with van der Waals surface area (Å²) in [5.74, 6) is 0. The molecule has 292 valence electrons. The minimum Gasteiger partial charge on any atom is -0.309 e. The lowest BCUT2D eigenvalue weighted by atomic mass is 9.79. The molecule has 0 atom stereocenters. The van der Waals surface area contributed by atoms with E-state index >= 15 is 0 Å². The molecule has 0 N–H and O–H groups in total. The van der Waals surface area contributed by atoms with Gasteiger partial charge in [-0.15, -0.1) is 0 Å². The number of nitrogens with zero attached hydrogens (tertiary/aromatic N) is 3. The Hall–Kier alpha value is -8.40. The summed E-state index contributed by atoms with van der Waals surface area (Å²) >= 11 is 0. The van der Waals surface area contributed by atoms with E-state index in [1.165, 1.54) is 110 Å². The van der Waals surface area contributed by atoms with Crippen molar-refractivity contribution in [1.29, 1.82) is 0 Å². The van der Waals surface area contributed by atoms with E-state index in [0.29, 0.717) is 0 Å². The third-order valence-corrected chi connectivity index (χ3v) is 13.6. The number of fused-ring (bicyclic) bond motifs is 17. The Morgan fingerprint density at radius 1 is 0.206 bits per heavy atom.